The van der Waals surface area contributed by atoms with E-state index in [4.69, 9.17) is 9.47 Å². The van der Waals surface area contributed by atoms with Crippen molar-refractivity contribution in [1.82, 2.24) is 0 Å². The number of aliphatic carboxylic acids is 1. The minimum absolute atomic E-state index is 0.0686. The Balaban J connectivity index is 1.72. The molecule has 1 heterocycles. The molecule has 0 saturated heterocycles. The molecular weight excluding hydrogens is 234 g/mol. The van der Waals surface area contributed by atoms with Crippen molar-refractivity contribution in [3.8, 4) is 11.5 Å². The van der Waals surface area contributed by atoms with Crippen LogP contribution in [0.15, 0.2) is 18.2 Å². The predicted molar refractivity (Wildman–Crippen MR) is 60.1 cm³/mol. The van der Waals surface area contributed by atoms with Gasteiger partial charge in [0.25, 0.3) is 0 Å². The fourth-order valence-corrected chi connectivity index (χ4v) is 2.34. The van der Waals surface area contributed by atoms with E-state index in [1.807, 2.05) is 18.2 Å². The summed E-state index contributed by atoms with van der Waals surface area (Å²) in [6.45, 7) is 1.02. The lowest BCUT2D eigenvalue weighted by Gasteiger charge is -2.19. The minimum Gasteiger partial charge on any atom is -0.544 e. The van der Waals surface area contributed by atoms with Gasteiger partial charge >= 0.3 is 0 Å². The Hall–Kier alpha value is -1.75. The first-order valence-electron chi connectivity index (χ1n) is 6.15. The van der Waals surface area contributed by atoms with Gasteiger partial charge in [-0.05, 0) is 18.2 Å². The van der Waals surface area contributed by atoms with Gasteiger partial charge in [0.1, 0.15) is 13.1 Å². The topological polar surface area (TPSA) is 63.0 Å². The van der Waals surface area contributed by atoms with Crippen LogP contribution in [-0.4, -0.2) is 25.3 Å². The molecule has 1 atom stereocenters. The largest absolute Gasteiger partial charge is 0.544 e. The molecule has 1 saturated carbocycles. The highest BCUT2D eigenvalue weighted by molar-refractivity contribution is 5.65. The molecular formula is C13H15NO4. The summed E-state index contributed by atoms with van der Waals surface area (Å²) in [5, 5.41) is 10.7. The van der Waals surface area contributed by atoms with Crippen LogP contribution in [0.25, 0.3) is 0 Å². The third-order valence-corrected chi connectivity index (χ3v) is 3.39. The first-order chi connectivity index (χ1) is 8.72. The first kappa shape index (κ1) is 11.3. The van der Waals surface area contributed by atoms with E-state index in [1.54, 1.807) is 0 Å². The van der Waals surface area contributed by atoms with Crippen molar-refractivity contribution in [2.24, 2.45) is 0 Å². The van der Waals surface area contributed by atoms with Crippen molar-refractivity contribution in [3.05, 3.63) is 23.8 Å². The highest BCUT2D eigenvalue weighted by Gasteiger charge is 2.33. The summed E-state index contributed by atoms with van der Waals surface area (Å²) in [4.78, 5) is 11.8. The van der Waals surface area contributed by atoms with Crippen LogP contribution in [-0.2, 0) is 11.3 Å². The van der Waals surface area contributed by atoms with Gasteiger partial charge in [0, 0.05) is 18.4 Å². The molecule has 5 heteroatoms. The minimum atomic E-state index is -0.988. The molecule has 1 N–H and O–H groups in total. The monoisotopic (exact) mass is 249 g/mol. The summed E-state index contributed by atoms with van der Waals surface area (Å²) in [6, 6.07) is 6.24. The van der Waals surface area contributed by atoms with E-state index in [0.717, 1.165) is 34.8 Å². The van der Waals surface area contributed by atoms with Gasteiger partial charge in [0.15, 0.2) is 11.5 Å². The third-order valence-electron chi connectivity index (χ3n) is 3.39. The maximum Gasteiger partial charge on any atom is 0.231 e. The number of carboxylic acids is 1. The summed E-state index contributed by atoms with van der Waals surface area (Å²) in [5.74, 6) is 0.514. The van der Waals surface area contributed by atoms with E-state index in [2.05, 4.69) is 0 Å². The van der Waals surface area contributed by atoms with Crippen LogP contribution in [0.3, 0.4) is 0 Å². The SMILES string of the molecule is O=C([O-])C[NH+](Cc1ccc2c(c1)OCO2)C1CC1. The highest BCUT2D eigenvalue weighted by atomic mass is 16.7. The van der Waals surface area contributed by atoms with E-state index in [0.29, 0.717) is 12.6 Å². The third kappa shape index (κ3) is 2.41. The molecule has 1 aliphatic carbocycles. The van der Waals surface area contributed by atoms with Crippen molar-refractivity contribution in [1.29, 1.82) is 0 Å². The Bertz CT molecular complexity index is 470. The van der Waals surface area contributed by atoms with Crippen LogP contribution >= 0.6 is 0 Å². The summed E-state index contributed by atoms with van der Waals surface area (Å²) >= 11 is 0. The number of hydrogen-bond acceptors (Lipinski definition) is 4. The van der Waals surface area contributed by atoms with E-state index in [9.17, 15) is 9.90 Å². The molecule has 5 nitrogen and oxygen atoms in total. The van der Waals surface area contributed by atoms with E-state index >= 15 is 0 Å². The molecule has 1 aromatic rings. The maximum absolute atomic E-state index is 10.7. The molecule has 1 fully saturated rings. The smallest absolute Gasteiger partial charge is 0.231 e. The number of hydrogen-bond donors (Lipinski definition) is 1. The number of rotatable bonds is 5. The quantitative estimate of drug-likeness (QED) is 0.705. The number of benzene rings is 1. The van der Waals surface area contributed by atoms with E-state index < -0.39 is 5.97 Å². The van der Waals surface area contributed by atoms with E-state index in [-0.39, 0.29) is 13.3 Å². The normalized spacial score (nSPS) is 18.7. The van der Waals surface area contributed by atoms with Gasteiger partial charge in [0.2, 0.25) is 6.79 Å². The Morgan fingerprint density at radius 1 is 1.33 bits per heavy atom. The van der Waals surface area contributed by atoms with Crippen LogP contribution in [0, 0.1) is 0 Å². The molecule has 0 amide bonds. The van der Waals surface area contributed by atoms with Gasteiger partial charge in [0.05, 0.1) is 12.0 Å². The number of carboxylic acid groups (broad SMARTS) is 1. The molecule has 0 bridgehead atoms. The standard InChI is InChI=1S/C13H15NO4/c15-13(16)7-14(10-2-3-10)6-9-1-4-11-12(5-9)18-8-17-11/h1,4-5,10H,2-3,6-8H2,(H,15,16). The van der Waals surface area contributed by atoms with Gasteiger partial charge < -0.3 is 24.3 Å². The van der Waals surface area contributed by atoms with Crippen LogP contribution in [0.1, 0.15) is 18.4 Å². The lowest BCUT2D eigenvalue weighted by atomic mass is 10.2. The lowest BCUT2D eigenvalue weighted by Crippen LogP contribution is -3.13. The van der Waals surface area contributed by atoms with Gasteiger partial charge in [-0.1, -0.05) is 0 Å². The van der Waals surface area contributed by atoms with Crippen molar-refractivity contribution in [3.63, 3.8) is 0 Å². The molecule has 0 spiro atoms. The fraction of sp³-hybridized carbons (Fsp3) is 0.462. The Kier molecular flexibility index (Phi) is 2.83. The Morgan fingerprint density at radius 3 is 2.83 bits per heavy atom. The van der Waals surface area contributed by atoms with Gasteiger partial charge in [-0.15, -0.1) is 0 Å². The van der Waals surface area contributed by atoms with Crippen molar-refractivity contribution < 1.29 is 24.3 Å². The number of fused-ring (bicyclic) bond motifs is 1. The predicted octanol–water partition coefficient (Wildman–Crippen LogP) is -1.29. The van der Waals surface area contributed by atoms with Crippen LogP contribution in [0.2, 0.25) is 0 Å². The van der Waals surface area contributed by atoms with Crippen LogP contribution in [0.5, 0.6) is 11.5 Å². The van der Waals surface area contributed by atoms with Crippen LogP contribution < -0.4 is 19.5 Å². The molecule has 96 valence electrons. The Morgan fingerprint density at radius 2 is 2.11 bits per heavy atom. The van der Waals surface area contributed by atoms with Crippen molar-refractivity contribution in [2.75, 3.05) is 13.3 Å². The van der Waals surface area contributed by atoms with Gasteiger partial charge in [-0.25, -0.2) is 0 Å². The molecule has 1 aromatic carbocycles. The summed E-state index contributed by atoms with van der Waals surface area (Å²) in [6.07, 6.45) is 2.21. The molecule has 1 aliphatic heterocycles. The van der Waals surface area contributed by atoms with Gasteiger partial charge in [-0.2, -0.15) is 0 Å². The molecule has 0 radical (unpaired) electrons. The molecule has 1 unspecified atom stereocenters. The second-order valence-corrected chi connectivity index (χ2v) is 4.85. The lowest BCUT2D eigenvalue weighted by molar-refractivity contribution is -0.919. The zero-order valence-corrected chi connectivity index (χ0v) is 9.98. The fourth-order valence-electron chi connectivity index (χ4n) is 2.34. The van der Waals surface area contributed by atoms with E-state index in [1.165, 1.54) is 0 Å². The average Bonchev–Trinajstić information content (AvgIpc) is 3.07. The zero-order valence-electron chi connectivity index (χ0n) is 9.98. The number of ether oxygens (including phenoxy) is 2. The molecule has 0 aromatic heterocycles. The molecule has 3 rings (SSSR count). The first-order valence-corrected chi connectivity index (χ1v) is 6.15. The number of carbonyl (C=O) groups excluding carboxylic acids is 1. The number of carbonyl (C=O) groups is 1. The van der Waals surface area contributed by atoms with Crippen LogP contribution in [0.4, 0.5) is 0 Å². The Labute approximate surface area is 105 Å². The second-order valence-electron chi connectivity index (χ2n) is 4.85. The summed E-state index contributed by atoms with van der Waals surface area (Å²) in [5.41, 5.74) is 1.07. The highest BCUT2D eigenvalue weighted by Crippen LogP contribution is 2.32. The summed E-state index contributed by atoms with van der Waals surface area (Å²) in [7, 11) is 0. The average molecular weight is 249 g/mol. The van der Waals surface area contributed by atoms with Gasteiger partial charge in [-0.3, -0.25) is 0 Å². The second kappa shape index (κ2) is 4.49. The molecule has 2 aliphatic rings. The number of nitrogens with one attached hydrogen (secondary N) is 1. The zero-order chi connectivity index (χ0) is 12.5. The maximum atomic E-state index is 10.7. The van der Waals surface area contributed by atoms with Crippen molar-refractivity contribution in [2.45, 2.75) is 25.4 Å². The molecule has 18 heavy (non-hydrogen) atoms. The number of quaternary nitrogens is 1. The van der Waals surface area contributed by atoms with Crippen molar-refractivity contribution >= 4 is 5.97 Å². The summed E-state index contributed by atoms with van der Waals surface area (Å²) < 4.78 is 10.6.